The highest BCUT2D eigenvalue weighted by molar-refractivity contribution is 5.66. The van der Waals surface area contributed by atoms with Gasteiger partial charge in [0.25, 0.3) is 0 Å². The predicted molar refractivity (Wildman–Crippen MR) is 76.2 cm³/mol. The summed E-state index contributed by atoms with van der Waals surface area (Å²) < 4.78 is 0. The topological polar surface area (TPSA) is 118 Å². The van der Waals surface area contributed by atoms with Gasteiger partial charge in [0.1, 0.15) is 5.75 Å². The van der Waals surface area contributed by atoms with E-state index in [1.165, 1.54) is 6.07 Å². The van der Waals surface area contributed by atoms with Crippen molar-refractivity contribution in [2.75, 3.05) is 11.9 Å². The van der Waals surface area contributed by atoms with Crippen molar-refractivity contribution in [3.05, 3.63) is 28.1 Å². The average Bonchev–Trinajstić information content (AvgIpc) is 2.39. The molecule has 0 atom stereocenters. The van der Waals surface area contributed by atoms with Crippen LogP contribution in [0, 0.1) is 6.92 Å². The molecule has 0 spiro atoms. The molecule has 0 bridgehead atoms. The number of anilines is 1. The van der Waals surface area contributed by atoms with Gasteiger partial charge < -0.3 is 15.5 Å². The normalized spacial score (nSPS) is 9.85. The molecule has 0 heterocycles. The number of hydrogen-bond donors (Lipinski definition) is 3. The summed E-state index contributed by atoms with van der Waals surface area (Å²) >= 11 is 0. The SMILES string of the molecule is Cc1c(O)cc(N=[N+]=[N-])cc1NCCCCCC(=O)O. The van der Waals surface area contributed by atoms with Gasteiger partial charge in [0.15, 0.2) is 0 Å². The zero-order chi connectivity index (χ0) is 15.0. The Labute approximate surface area is 116 Å². The number of benzene rings is 1. The molecule has 0 aliphatic heterocycles. The summed E-state index contributed by atoms with van der Waals surface area (Å²) in [6.07, 6.45) is 2.49. The Kier molecular flexibility index (Phi) is 6.19. The second kappa shape index (κ2) is 7.91. The smallest absolute Gasteiger partial charge is 0.303 e. The van der Waals surface area contributed by atoms with Crippen LogP contribution in [0.4, 0.5) is 11.4 Å². The highest BCUT2D eigenvalue weighted by atomic mass is 16.4. The zero-order valence-corrected chi connectivity index (χ0v) is 11.3. The maximum absolute atomic E-state index is 10.4. The van der Waals surface area contributed by atoms with E-state index in [4.69, 9.17) is 10.6 Å². The van der Waals surface area contributed by atoms with E-state index in [0.29, 0.717) is 29.9 Å². The van der Waals surface area contributed by atoms with Gasteiger partial charge in [-0.05, 0) is 37.4 Å². The van der Waals surface area contributed by atoms with Crippen molar-refractivity contribution < 1.29 is 15.0 Å². The van der Waals surface area contributed by atoms with Crippen molar-refractivity contribution in [2.45, 2.75) is 32.6 Å². The molecule has 1 rings (SSSR count). The van der Waals surface area contributed by atoms with Crippen molar-refractivity contribution in [1.29, 1.82) is 0 Å². The predicted octanol–water partition coefficient (Wildman–Crippen LogP) is 3.70. The summed E-state index contributed by atoms with van der Waals surface area (Å²) in [5.74, 6) is -0.705. The number of aromatic hydroxyl groups is 1. The lowest BCUT2D eigenvalue weighted by molar-refractivity contribution is -0.137. The third kappa shape index (κ3) is 5.07. The number of hydrogen-bond acceptors (Lipinski definition) is 4. The summed E-state index contributed by atoms with van der Waals surface area (Å²) in [5.41, 5.74) is 10.1. The average molecular weight is 278 g/mol. The number of phenolic OH excluding ortho intramolecular Hbond substituents is 1. The Bertz CT molecular complexity index is 525. The Morgan fingerprint density at radius 1 is 1.40 bits per heavy atom. The second-order valence-electron chi connectivity index (χ2n) is 4.46. The molecule has 3 N–H and O–H groups in total. The van der Waals surface area contributed by atoms with Gasteiger partial charge in [-0.1, -0.05) is 11.5 Å². The minimum atomic E-state index is -0.777. The van der Waals surface area contributed by atoms with Crippen LogP contribution < -0.4 is 5.32 Å². The molecule has 7 nitrogen and oxygen atoms in total. The largest absolute Gasteiger partial charge is 0.508 e. The summed E-state index contributed by atoms with van der Waals surface area (Å²) in [5, 5.41) is 24.8. The van der Waals surface area contributed by atoms with Crippen LogP contribution in [0.3, 0.4) is 0 Å². The van der Waals surface area contributed by atoms with E-state index in [2.05, 4.69) is 15.3 Å². The molecule has 0 saturated carbocycles. The number of phenols is 1. The first-order chi connectivity index (χ1) is 9.54. The first-order valence-corrected chi connectivity index (χ1v) is 6.39. The Hall–Kier alpha value is -2.40. The van der Waals surface area contributed by atoms with Crippen LogP contribution in [0.5, 0.6) is 5.75 Å². The summed E-state index contributed by atoms with van der Waals surface area (Å²) in [4.78, 5) is 13.0. The monoisotopic (exact) mass is 278 g/mol. The maximum Gasteiger partial charge on any atom is 0.303 e. The molecule has 108 valence electrons. The van der Waals surface area contributed by atoms with Gasteiger partial charge in [-0.3, -0.25) is 4.79 Å². The van der Waals surface area contributed by atoms with Gasteiger partial charge in [-0.15, -0.1) is 0 Å². The highest BCUT2D eigenvalue weighted by Crippen LogP contribution is 2.31. The molecule has 0 aliphatic rings. The van der Waals surface area contributed by atoms with Crippen LogP contribution in [-0.2, 0) is 4.79 Å². The van der Waals surface area contributed by atoms with Crippen molar-refractivity contribution in [3.8, 4) is 5.75 Å². The highest BCUT2D eigenvalue weighted by Gasteiger charge is 2.05. The van der Waals surface area contributed by atoms with Gasteiger partial charge in [-0.25, -0.2) is 0 Å². The lowest BCUT2D eigenvalue weighted by Gasteiger charge is -2.11. The van der Waals surface area contributed by atoms with Crippen LogP contribution in [0.25, 0.3) is 10.4 Å². The van der Waals surface area contributed by atoms with E-state index >= 15 is 0 Å². The van der Waals surface area contributed by atoms with Crippen LogP contribution in [0.1, 0.15) is 31.2 Å². The second-order valence-corrected chi connectivity index (χ2v) is 4.46. The first kappa shape index (κ1) is 15.7. The van der Waals surface area contributed by atoms with Gasteiger partial charge in [-0.2, -0.15) is 0 Å². The molecule has 7 heteroatoms. The molecule has 0 radical (unpaired) electrons. The summed E-state index contributed by atoms with van der Waals surface area (Å²) in [6, 6.07) is 3.08. The molecule has 1 aromatic rings. The van der Waals surface area contributed by atoms with Gasteiger partial charge in [0.05, 0.1) is 0 Å². The van der Waals surface area contributed by atoms with E-state index < -0.39 is 5.97 Å². The molecule has 0 aliphatic carbocycles. The Morgan fingerprint density at radius 2 is 2.15 bits per heavy atom. The number of carbonyl (C=O) groups is 1. The number of azide groups is 1. The van der Waals surface area contributed by atoms with Crippen LogP contribution in [0.15, 0.2) is 17.2 Å². The number of nitrogens with one attached hydrogen (secondary N) is 1. The first-order valence-electron chi connectivity index (χ1n) is 6.39. The molecule has 1 aromatic carbocycles. The molecular weight excluding hydrogens is 260 g/mol. The summed E-state index contributed by atoms with van der Waals surface area (Å²) in [7, 11) is 0. The van der Waals surface area contributed by atoms with E-state index in [9.17, 15) is 9.90 Å². The Balaban J connectivity index is 2.50. The molecule has 20 heavy (non-hydrogen) atoms. The molecule has 0 amide bonds. The molecule has 0 saturated heterocycles. The molecular formula is C13H18N4O3. The van der Waals surface area contributed by atoms with E-state index in [0.717, 1.165) is 12.8 Å². The fraction of sp³-hybridized carbons (Fsp3) is 0.462. The third-order valence-electron chi connectivity index (χ3n) is 2.91. The Morgan fingerprint density at radius 3 is 2.80 bits per heavy atom. The van der Waals surface area contributed by atoms with Gasteiger partial charge in [0, 0.05) is 34.8 Å². The zero-order valence-electron chi connectivity index (χ0n) is 11.3. The third-order valence-corrected chi connectivity index (χ3v) is 2.91. The minimum Gasteiger partial charge on any atom is -0.508 e. The van der Waals surface area contributed by atoms with Crippen LogP contribution >= 0.6 is 0 Å². The minimum absolute atomic E-state index is 0.0725. The summed E-state index contributed by atoms with van der Waals surface area (Å²) in [6.45, 7) is 2.43. The van der Waals surface area contributed by atoms with E-state index in [1.54, 1.807) is 13.0 Å². The molecule has 0 fully saturated rings. The number of carboxylic acid groups (broad SMARTS) is 1. The van der Waals surface area contributed by atoms with Crippen molar-refractivity contribution in [1.82, 2.24) is 0 Å². The van der Waals surface area contributed by atoms with Crippen molar-refractivity contribution >= 4 is 17.3 Å². The van der Waals surface area contributed by atoms with Crippen molar-refractivity contribution in [3.63, 3.8) is 0 Å². The maximum atomic E-state index is 10.4. The number of rotatable bonds is 8. The van der Waals surface area contributed by atoms with Gasteiger partial charge in [0.2, 0.25) is 0 Å². The fourth-order valence-electron chi connectivity index (χ4n) is 1.78. The standard InChI is InChI=1S/C13H18N4O3/c1-9-11(7-10(16-17-14)8-12(9)18)15-6-4-2-3-5-13(19)20/h7-8,15,18H,2-6H2,1H3,(H,19,20). The lowest BCUT2D eigenvalue weighted by Crippen LogP contribution is -2.03. The number of unbranched alkanes of at least 4 members (excludes halogenated alkanes) is 2. The van der Waals surface area contributed by atoms with Crippen molar-refractivity contribution in [2.24, 2.45) is 5.11 Å². The van der Waals surface area contributed by atoms with E-state index in [1.807, 2.05) is 0 Å². The van der Waals surface area contributed by atoms with Crippen LogP contribution in [-0.4, -0.2) is 22.7 Å². The molecule has 0 aromatic heterocycles. The fourth-order valence-corrected chi connectivity index (χ4v) is 1.78. The van der Waals surface area contributed by atoms with Gasteiger partial charge >= 0.3 is 5.97 Å². The lowest BCUT2D eigenvalue weighted by atomic mass is 10.1. The number of carboxylic acids is 1. The van der Waals surface area contributed by atoms with Crippen LogP contribution in [0.2, 0.25) is 0 Å². The number of nitrogens with zero attached hydrogens (tertiary/aromatic N) is 3. The molecule has 0 unspecified atom stereocenters. The van der Waals surface area contributed by atoms with E-state index in [-0.39, 0.29) is 12.2 Å². The quantitative estimate of drug-likeness (QED) is 0.290. The number of aliphatic carboxylic acids is 1.